The summed E-state index contributed by atoms with van der Waals surface area (Å²) in [6, 6.07) is 0. The molecule has 0 rings (SSSR count). The van der Waals surface area contributed by atoms with E-state index in [1.165, 1.54) is 0 Å². The number of allylic oxidation sites excluding steroid dienone is 2. The van der Waals surface area contributed by atoms with Gasteiger partial charge < -0.3 is 10.7 Å². The van der Waals surface area contributed by atoms with Gasteiger partial charge in [-0.1, -0.05) is 6.08 Å². The van der Waals surface area contributed by atoms with Gasteiger partial charge in [-0.15, -0.1) is 6.58 Å². The molecule has 2 nitrogen and oxygen atoms in total. The van der Waals surface area contributed by atoms with Crippen molar-refractivity contribution in [2.45, 2.75) is 26.7 Å². The van der Waals surface area contributed by atoms with Crippen molar-refractivity contribution in [3.05, 3.63) is 24.4 Å². The van der Waals surface area contributed by atoms with Crippen LogP contribution in [0.15, 0.2) is 24.4 Å². The van der Waals surface area contributed by atoms with Crippen molar-refractivity contribution in [3.63, 3.8) is 0 Å². The minimum Gasteiger partial charge on any atom is -0.391 e. The summed E-state index contributed by atoms with van der Waals surface area (Å²) in [4.78, 5) is 0. The first-order valence-electron chi connectivity index (χ1n) is 4.31. The fourth-order valence-electron chi connectivity index (χ4n) is 0.851. The molecule has 2 heteroatoms. The van der Waals surface area contributed by atoms with Crippen molar-refractivity contribution in [2.24, 2.45) is 0 Å². The first-order chi connectivity index (χ1) is 5.72. The smallest absolute Gasteiger partial charge is 0.0329 e. The lowest BCUT2D eigenvalue weighted by Gasteiger charge is -2.04. The zero-order chi connectivity index (χ0) is 9.40. The molecule has 0 atom stereocenters. The van der Waals surface area contributed by atoms with E-state index in [0.717, 1.165) is 25.0 Å². The van der Waals surface area contributed by atoms with E-state index in [9.17, 15) is 0 Å². The highest BCUT2D eigenvalue weighted by Crippen LogP contribution is 2.05. The Hall–Kier alpha value is -1.05. The van der Waals surface area contributed by atoms with Gasteiger partial charge in [0, 0.05) is 18.5 Å². The molecule has 0 aromatic carbocycles. The van der Waals surface area contributed by atoms with E-state index in [2.05, 4.69) is 11.9 Å². The van der Waals surface area contributed by atoms with Crippen LogP contribution in [0.3, 0.4) is 0 Å². The van der Waals surface area contributed by atoms with Crippen LogP contribution in [0.4, 0.5) is 0 Å². The van der Waals surface area contributed by atoms with Crippen LogP contribution in [0.2, 0.25) is 0 Å². The Labute approximate surface area is 74.9 Å². The molecule has 0 heterocycles. The standard InChI is InChI=1S/C10H18N2/c1-4-6-7-10(9(3)11)8-12-5-2/h4,8,11-12H,1,5-7H2,2-3H3/b10-8-,11-9?. The summed E-state index contributed by atoms with van der Waals surface area (Å²) in [6.07, 6.45) is 5.65. The molecule has 0 amide bonds. The molecular weight excluding hydrogens is 148 g/mol. The Morgan fingerprint density at radius 1 is 1.58 bits per heavy atom. The zero-order valence-corrected chi connectivity index (χ0v) is 7.98. The Morgan fingerprint density at radius 3 is 2.67 bits per heavy atom. The highest BCUT2D eigenvalue weighted by molar-refractivity contribution is 5.95. The monoisotopic (exact) mass is 166 g/mol. The fraction of sp³-hybridized carbons (Fsp3) is 0.500. The first-order valence-corrected chi connectivity index (χ1v) is 4.31. The average Bonchev–Trinajstić information content (AvgIpc) is 2.04. The lowest BCUT2D eigenvalue weighted by Crippen LogP contribution is -2.07. The highest BCUT2D eigenvalue weighted by atomic mass is 14.8. The minimum absolute atomic E-state index is 0.637. The van der Waals surface area contributed by atoms with Crippen molar-refractivity contribution < 1.29 is 0 Å². The van der Waals surface area contributed by atoms with Gasteiger partial charge in [0.05, 0.1) is 0 Å². The maximum Gasteiger partial charge on any atom is 0.0329 e. The molecule has 0 fully saturated rings. The van der Waals surface area contributed by atoms with E-state index in [4.69, 9.17) is 5.41 Å². The molecule has 2 N–H and O–H groups in total. The molecule has 0 bridgehead atoms. The third kappa shape index (κ3) is 4.72. The molecule has 0 aromatic rings. The molecule has 0 aliphatic carbocycles. The van der Waals surface area contributed by atoms with Crippen molar-refractivity contribution in [3.8, 4) is 0 Å². The summed E-state index contributed by atoms with van der Waals surface area (Å²) in [5, 5.41) is 10.6. The van der Waals surface area contributed by atoms with Crippen LogP contribution < -0.4 is 5.32 Å². The summed E-state index contributed by atoms with van der Waals surface area (Å²) in [5.74, 6) is 0. The van der Waals surface area contributed by atoms with E-state index in [1.54, 1.807) is 0 Å². The van der Waals surface area contributed by atoms with Crippen LogP contribution in [0, 0.1) is 5.41 Å². The molecule has 0 unspecified atom stereocenters. The van der Waals surface area contributed by atoms with Crippen LogP contribution in [0.5, 0.6) is 0 Å². The van der Waals surface area contributed by atoms with Crippen molar-refractivity contribution in [1.29, 1.82) is 5.41 Å². The summed E-state index contributed by atoms with van der Waals surface area (Å²) in [7, 11) is 0. The molecule has 0 radical (unpaired) electrons. The van der Waals surface area contributed by atoms with E-state index >= 15 is 0 Å². The average molecular weight is 166 g/mol. The number of rotatable bonds is 6. The van der Waals surface area contributed by atoms with Crippen LogP contribution in [0.25, 0.3) is 0 Å². The van der Waals surface area contributed by atoms with Crippen LogP contribution in [-0.2, 0) is 0 Å². The van der Waals surface area contributed by atoms with Gasteiger partial charge in [0.15, 0.2) is 0 Å². The van der Waals surface area contributed by atoms with Gasteiger partial charge in [-0.25, -0.2) is 0 Å². The SMILES string of the molecule is C=CCC/C(=C/NCC)C(C)=N. The van der Waals surface area contributed by atoms with Crippen LogP contribution >= 0.6 is 0 Å². The lowest BCUT2D eigenvalue weighted by molar-refractivity contribution is 0.894. The Balaban J connectivity index is 4.02. The third-order valence-electron chi connectivity index (χ3n) is 1.58. The molecular formula is C10H18N2. The minimum atomic E-state index is 0.637. The van der Waals surface area contributed by atoms with Gasteiger partial charge in [0.25, 0.3) is 0 Å². The van der Waals surface area contributed by atoms with Crippen LogP contribution in [-0.4, -0.2) is 12.3 Å². The maximum atomic E-state index is 7.47. The molecule has 0 aliphatic heterocycles. The Bertz CT molecular complexity index is 180. The molecule has 68 valence electrons. The summed E-state index contributed by atoms with van der Waals surface area (Å²) in [5.41, 5.74) is 1.70. The lowest BCUT2D eigenvalue weighted by atomic mass is 10.1. The molecule has 0 aliphatic rings. The van der Waals surface area contributed by atoms with Gasteiger partial charge >= 0.3 is 0 Å². The predicted octanol–water partition coefficient (Wildman–Crippen LogP) is 2.49. The van der Waals surface area contributed by atoms with Crippen molar-refractivity contribution >= 4 is 5.71 Å². The maximum absolute atomic E-state index is 7.47. The Kier molecular flexibility index (Phi) is 6.07. The highest BCUT2D eigenvalue weighted by Gasteiger charge is 1.97. The number of hydrogen-bond donors (Lipinski definition) is 2. The van der Waals surface area contributed by atoms with Crippen molar-refractivity contribution in [1.82, 2.24) is 5.32 Å². The zero-order valence-electron chi connectivity index (χ0n) is 7.98. The molecule has 0 saturated heterocycles. The third-order valence-corrected chi connectivity index (χ3v) is 1.58. The van der Waals surface area contributed by atoms with E-state index in [1.807, 2.05) is 26.1 Å². The molecule has 12 heavy (non-hydrogen) atoms. The Morgan fingerprint density at radius 2 is 2.25 bits per heavy atom. The van der Waals surface area contributed by atoms with E-state index < -0.39 is 0 Å². The van der Waals surface area contributed by atoms with Gasteiger partial charge in [-0.2, -0.15) is 0 Å². The largest absolute Gasteiger partial charge is 0.391 e. The topological polar surface area (TPSA) is 35.9 Å². The van der Waals surface area contributed by atoms with Gasteiger partial charge in [0.2, 0.25) is 0 Å². The first kappa shape index (κ1) is 11.0. The number of hydrogen-bond acceptors (Lipinski definition) is 2. The normalized spacial score (nSPS) is 11.0. The van der Waals surface area contributed by atoms with Gasteiger partial charge in [-0.05, 0) is 32.3 Å². The second-order valence-corrected chi connectivity index (χ2v) is 2.68. The fourth-order valence-corrected chi connectivity index (χ4v) is 0.851. The second kappa shape index (κ2) is 6.65. The van der Waals surface area contributed by atoms with Gasteiger partial charge in [-0.3, -0.25) is 0 Å². The molecule has 0 aromatic heterocycles. The predicted molar refractivity (Wildman–Crippen MR) is 54.6 cm³/mol. The van der Waals surface area contributed by atoms with Crippen LogP contribution in [0.1, 0.15) is 26.7 Å². The van der Waals surface area contributed by atoms with E-state index in [0.29, 0.717) is 5.71 Å². The quantitative estimate of drug-likeness (QED) is 0.461. The van der Waals surface area contributed by atoms with E-state index in [-0.39, 0.29) is 0 Å². The summed E-state index contributed by atoms with van der Waals surface area (Å²) >= 11 is 0. The van der Waals surface area contributed by atoms with Crippen molar-refractivity contribution in [2.75, 3.05) is 6.54 Å². The summed E-state index contributed by atoms with van der Waals surface area (Å²) in [6.45, 7) is 8.42. The van der Waals surface area contributed by atoms with Gasteiger partial charge in [0.1, 0.15) is 0 Å². The molecule has 0 saturated carbocycles. The molecule has 0 spiro atoms. The number of nitrogens with one attached hydrogen (secondary N) is 2. The summed E-state index contributed by atoms with van der Waals surface area (Å²) < 4.78 is 0. The second-order valence-electron chi connectivity index (χ2n) is 2.68.